The molecule has 0 aliphatic carbocycles. The minimum atomic E-state index is -1.05. The summed E-state index contributed by atoms with van der Waals surface area (Å²) in [7, 11) is 0. The predicted octanol–water partition coefficient (Wildman–Crippen LogP) is 1.56. The van der Waals surface area contributed by atoms with E-state index in [9.17, 15) is 9.59 Å². The minimum absolute atomic E-state index is 0.102. The Labute approximate surface area is 115 Å². The fourth-order valence-electron chi connectivity index (χ4n) is 1.98. The van der Waals surface area contributed by atoms with Gasteiger partial charge in [-0.3, -0.25) is 9.89 Å². The first-order chi connectivity index (χ1) is 9.40. The Balaban J connectivity index is 2.08. The van der Waals surface area contributed by atoms with Crippen LogP contribution >= 0.6 is 0 Å². The van der Waals surface area contributed by atoms with Crippen molar-refractivity contribution in [2.24, 2.45) is 0 Å². The number of hydrogen-bond donors (Lipinski definition) is 3. The number of H-pyrrole nitrogens is 1. The largest absolute Gasteiger partial charge is 0.478 e. The lowest BCUT2D eigenvalue weighted by Crippen LogP contribution is -2.23. The van der Waals surface area contributed by atoms with E-state index < -0.39 is 5.97 Å². The lowest BCUT2D eigenvalue weighted by Gasteiger charge is -2.03. The normalized spacial score (nSPS) is 10.6. The lowest BCUT2D eigenvalue weighted by molar-refractivity contribution is 0.0694. The molecule has 0 saturated heterocycles. The van der Waals surface area contributed by atoms with E-state index in [1.54, 1.807) is 20.8 Å². The van der Waals surface area contributed by atoms with Gasteiger partial charge in [0, 0.05) is 5.69 Å². The van der Waals surface area contributed by atoms with E-state index in [1.165, 1.54) is 6.07 Å². The number of carboxylic acid groups (broad SMARTS) is 1. The van der Waals surface area contributed by atoms with Crippen LogP contribution in [0.1, 0.15) is 43.6 Å². The second kappa shape index (κ2) is 5.20. The molecule has 0 aliphatic rings. The van der Waals surface area contributed by atoms with Gasteiger partial charge in [-0.15, -0.1) is 0 Å². The summed E-state index contributed by atoms with van der Waals surface area (Å²) in [5, 5.41) is 18.3. The van der Waals surface area contributed by atoms with E-state index in [2.05, 4.69) is 15.5 Å². The molecule has 0 aliphatic heterocycles. The van der Waals surface area contributed by atoms with Crippen LogP contribution in [0.4, 0.5) is 0 Å². The number of carbonyl (C=O) groups is 2. The summed E-state index contributed by atoms with van der Waals surface area (Å²) in [5.41, 5.74) is 1.89. The molecule has 0 saturated carbocycles. The van der Waals surface area contributed by atoms with Gasteiger partial charge in [-0.2, -0.15) is 5.10 Å². The Hall–Kier alpha value is -2.57. The van der Waals surface area contributed by atoms with Crippen LogP contribution in [-0.2, 0) is 6.54 Å². The number of carbonyl (C=O) groups excluding carboxylic acids is 1. The Morgan fingerprint density at radius 2 is 2.10 bits per heavy atom. The van der Waals surface area contributed by atoms with Gasteiger partial charge in [0.15, 0.2) is 0 Å². The van der Waals surface area contributed by atoms with Crippen LogP contribution in [0.15, 0.2) is 10.5 Å². The molecule has 2 rings (SSSR count). The second-order valence-electron chi connectivity index (χ2n) is 4.48. The van der Waals surface area contributed by atoms with E-state index in [0.29, 0.717) is 28.5 Å². The van der Waals surface area contributed by atoms with Gasteiger partial charge < -0.3 is 14.8 Å². The molecule has 0 bridgehead atoms. The van der Waals surface area contributed by atoms with Gasteiger partial charge in [-0.1, -0.05) is 0 Å². The third-order valence-electron chi connectivity index (χ3n) is 2.98. The van der Waals surface area contributed by atoms with Crippen LogP contribution in [0.2, 0.25) is 0 Å². The SMILES string of the molecule is Cc1n[nH]c(C)c1C(=O)NCc1cc(C(=O)O)c(C)o1. The zero-order valence-electron chi connectivity index (χ0n) is 11.4. The standard InChI is InChI=1S/C13H15N3O4/c1-6-11(7(2)16-15-6)12(17)14-5-9-4-10(13(18)19)8(3)20-9/h4H,5H2,1-3H3,(H,14,17)(H,15,16)(H,18,19). The van der Waals surface area contributed by atoms with Crippen LogP contribution < -0.4 is 5.32 Å². The van der Waals surface area contributed by atoms with Crippen molar-refractivity contribution in [1.29, 1.82) is 0 Å². The van der Waals surface area contributed by atoms with Gasteiger partial charge in [0.1, 0.15) is 17.1 Å². The van der Waals surface area contributed by atoms with Gasteiger partial charge >= 0.3 is 5.97 Å². The number of aromatic carboxylic acids is 1. The monoisotopic (exact) mass is 277 g/mol. The van der Waals surface area contributed by atoms with Crippen molar-refractivity contribution in [2.75, 3.05) is 0 Å². The highest BCUT2D eigenvalue weighted by molar-refractivity contribution is 5.96. The van der Waals surface area contributed by atoms with Gasteiger partial charge in [0.2, 0.25) is 0 Å². The number of nitrogens with zero attached hydrogens (tertiary/aromatic N) is 1. The van der Waals surface area contributed by atoms with E-state index in [4.69, 9.17) is 9.52 Å². The topological polar surface area (TPSA) is 108 Å². The molecule has 2 aromatic rings. The van der Waals surface area contributed by atoms with Gasteiger partial charge in [-0.05, 0) is 26.8 Å². The number of aromatic nitrogens is 2. The number of carboxylic acids is 1. The molecule has 0 radical (unpaired) electrons. The van der Waals surface area contributed by atoms with Crippen molar-refractivity contribution in [2.45, 2.75) is 27.3 Å². The Morgan fingerprint density at radius 1 is 1.40 bits per heavy atom. The van der Waals surface area contributed by atoms with Crippen LogP contribution in [0.25, 0.3) is 0 Å². The highest BCUT2D eigenvalue weighted by Crippen LogP contribution is 2.15. The molecule has 1 amide bonds. The number of nitrogens with one attached hydrogen (secondary N) is 2. The number of aryl methyl sites for hydroxylation is 3. The molecular weight excluding hydrogens is 262 g/mol. The number of amides is 1. The van der Waals surface area contributed by atoms with Crippen molar-refractivity contribution in [1.82, 2.24) is 15.5 Å². The minimum Gasteiger partial charge on any atom is -0.478 e. The lowest BCUT2D eigenvalue weighted by atomic mass is 10.2. The van der Waals surface area contributed by atoms with Crippen molar-refractivity contribution in [3.63, 3.8) is 0 Å². The second-order valence-corrected chi connectivity index (χ2v) is 4.48. The first kappa shape index (κ1) is 13.9. The fourth-order valence-corrected chi connectivity index (χ4v) is 1.98. The zero-order valence-corrected chi connectivity index (χ0v) is 11.4. The van der Waals surface area contributed by atoms with Gasteiger partial charge in [-0.25, -0.2) is 4.79 Å². The van der Waals surface area contributed by atoms with Gasteiger partial charge in [0.25, 0.3) is 5.91 Å². The first-order valence-corrected chi connectivity index (χ1v) is 6.02. The summed E-state index contributed by atoms with van der Waals surface area (Å²) >= 11 is 0. The molecule has 7 heteroatoms. The van der Waals surface area contributed by atoms with Gasteiger partial charge in [0.05, 0.1) is 17.8 Å². The van der Waals surface area contributed by atoms with Crippen molar-refractivity contribution in [3.05, 3.63) is 40.1 Å². The molecule has 2 heterocycles. The summed E-state index contributed by atoms with van der Waals surface area (Å²) in [4.78, 5) is 22.9. The fraction of sp³-hybridized carbons (Fsp3) is 0.308. The zero-order chi connectivity index (χ0) is 14.9. The van der Waals surface area contributed by atoms with E-state index >= 15 is 0 Å². The quantitative estimate of drug-likeness (QED) is 0.785. The average molecular weight is 277 g/mol. The molecule has 2 aromatic heterocycles. The number of rotatable bonds is 4. The summed E-state index contributed by atoms with van der Waals surface area (Å²) in [6.45, 7) is 5.18. The predicted molar refractivity (Wildman–Crippen MR) is 69.6 cm³/mol. The number of aromatic amines is 1. The molecule has 0 aromatic carbocycles. The number of furan rings is 1. The summed E-state index contributed by atoms with van der Waals surface area (Å²) in [5.74, 6) is -0.616. The molecule has 0 spiro atoms. The summed E-state index contributed by atoms with van der Waals surface area (Å²) < 4.78 is 5.29. The van der Waals surface area contributed by atoms with E-state index in [1.807, 2.05) is 0 Å². The Bertz CT molecular complexity index is 650. The molecule has 0 atom stereocenters. The molecule has 7 nitrogen and oxygen atoms in total. The molecule has 3 N–H and O–H groups in total. The summed E-state index contributed by atoms with van der Waals surface area (Å²) in [6.07, 6.45) is 0. The molecular formula is C13H15N3O4. The van der Waals surface area contributed by atoms with Crippen LogP contribution in [0, 0.1) is 20.8 Å². The highest BCUT2D eigenvalue weighted by Gasteiger charge is 2.17. The average Bonchev–Trinajstić information content (AvgIpc) is 2.90. The van der Waals surface area contributed by atoms with Crippen LogP contribution in [-0.4, -0.2) is 27.2 Å². The molecule has 106 valence electrons. The highest BCUT2D eigenvalue weighted by atomic mass is 16.4. The van der Waals surface area contributed by atoms with Crippen molar-refractivity contribution < 1.29 is 19.1 Å². The van der Waals surface area contributed by atoms with Crippen LogP contribution in [0.5, 0.6) is 0 Å². The summed E-state index contributed by atoms with van der Waals surface area (Å²) in [6, 6.07) is 1.41. The first-order valence-electron chi connectivity index (χ1n) is 6.02. The molecule has 20 heavy (non-hydrogen) atoms. The molecule has 0 unspecified atom stereocenters. The third kappa shape index (κ3) is 2.56. The van der Waals surface area contributed by atoms with Crippen molar-refractivity contribution in [3.8, 4) is 0 Å². The van der Waals surface area contributed by atoms with Crippen LogP contribution in [0.3, 0.4) is 0 Å². The van der Waals surface area contributed by atoms with E-state index in [0.717, 1.165) is 0 Å². The molecule has 0 fully saturated rings. The Morgan fingerprint density at radius 3 is 2.60 bits per heavy atom. The maximum Gasteiger partial charge on any atom is 0.339 e. The maximum atomic E-state index is 12.0. The number of hydrogen-bond acceptors (Lipinski definition) is 4. The Kier molecular flexibility index (Phi) is 3.60. The van der Waals surface area contributed by atoms with Crippen molar-refractivity contribution >= 4 is 11.9 Å². The third-order valence-corrected chi connectivity index (χ3v) is 2.98. The maximum absolute atomic E-state index is 12.0. The smallest absolute Gasteiger partial charge is 0.339 e. The van der Waals surface area contributed by atoms with E-state index in [-0.39, 0.29) is 18.0 Å².